The fourth-order valence-electron chi connectivity index (χ4n) is 3.51. The molecule has 1 unspecified atom stereocenters. The van der Waals surface area contributed by atoms with Crippen LogP contribution >= 0.6 is 11.6 Å². The Labute approximate surface area is 147 Å². The zero-order chi connectivity index (χ0) is 17.1. The van der Waals surface area contributed by atoms with Gasteiger partial charge in [0.25, 0.3) is 5.56 Å². The largest absolute Gasteiger partial charge is 0.314 e. The number of nitrogens with one attached hydrogen (secondary N) is 1. The lowest BCUT2D eigenvalue weighted by Crippen LogP contribution is -2.46. The molecule has 1 saturated heterocycles. The summed E-state index contributed by atoms with van der Waals surface area (Å²) in [6.45, 7) is 8.76. The number of hydrogen-bond donors (Lipinski definition) is 1. The van der Waals surface area contributed by atoms with Gasteiger partial charge in [-0.1, -0.05) is 24.9 Å². The molecule has 3 rings (SSSR count). The number of benzene rings is 1. The summed E-state index contributed by atoms with van der Waals surface area (Å²) < 4.78 is 1.82. The molecule has 1 aliphatic heterocycles. The molecule has 24 heavy (non-hydrogen) atoms. The molecular weight excluding hydrogens is 324 g/mol. The fraction of sp³-hybridized carbons (Fsp3) is 0.556. The minimum atomic E-state index is 0.0104. The number of halogens is 1. The van der Waals surface area contributed by atoms with Crippen molar-refractivity contribution in [1.29, 1.82) is 0 Å². The Morgan fingerprint density at radius 1 is 1.29 bits per heavy atom. The molecule has 0 spiro atoms. The van der Waals surface area contributed by atoms with Crippen LogP contribution in [-0.2, 0) is 6.54 Å². The minimum absolute atomic E-state index is 0.0104. The van der Waals surface area contributed by atoms with Crippen LogP contribution < -0.4 is 10.9 Å². The molecule has 1 atom stereocenters. The average molecular weight is 349 g/mol. The van der Waals surface area contributed by atoms with E-state index in [1.54, 1.807) is 12.1 Å². The monoisotopic (exact) mass is 348 g/mol. The second-order valence-corrected chi connectivity index (χ2v) is 6.71. The van der Waals surface area contributed by atoms with Crippen LogP contribution in [0.4, 0.5) is 0 Å². The molecule has 6 heteroatoms. The summed E-state index contributed by atoms with van der Waals surface area (Å²) in [6, 6.07) is 5.56. The second-order valence-electron chi connectivity index (χ2n) is 6.27. The van der Waals surface area contributed by atoms with Crippen molar-refractivity contribution >= 4 is 22.5 Å². The number of hydrogen-bond acceptors (Lipinski definition) is 4. The summed E-state index contributed by atoms with van der Waals surface area (Å²) in [5, 5.41) is 4.57. The number of rotatable bonds is 5. The van der Waals surface area contributed by atoms with Gasteiger partial charge in [-0.25, -0.2) is 4.98 Å². The van der Waals surface area contributed by atoms with Crippen molar-refractivity contribution in [3.8, 4) is 0 Å². The van der Waals surface area contributed by atoms with E-state index in [0.717, 1.165) is 50.4 Å². The smallest absolute Gasteiger partial charge is 0.261 e. The summed E-state index contributed by atoms with van der Waals surface area (Å²) >= 11 is 6.07. The standard InChI is InChI=1S/C18H25ClN4O/c1-3-5-16(22-10-8-20-9-11-22)17-21-15-7-6-13(19)12-14(15)18(24)23(17)4-2/h6-7,12,16,20H,3-5,8-11H2,1-2H3. The van der Waals surface area contributed by atoms with Crippen molar-refractivity contribution in [3.05, 3.63) is 39.4 Å². The van der Waals surface area contributed by atoms with Crippen molar-refractivity contribution in [2.45, 2.75) is 39.3 Å². The van der Waals surface area contributed by atoms with E-state index >= 15 is 0 Å². The van der Waals surface area contributed by atoms with Crippen LogP contribution in [0.5, 0.6) is 0 Å². The molecule has 130 valence electrons. The molecule has 2 aromatic rings. The van der Waals surface area contributed by atoms with E-state index in [1.165, 1.54) is 0 Å². The SMILES string of the molecule is CCCC(c1nc2ccc(Cl)cc2c(=O)n1CC)N1CCNCC1. The Morgan fingerprint density at radius 2 is 2.04 bits per heavy atom. The quantitative estimate of drug-likeness (QED) is 0.902. The van der Waals surface area contributed by atoms with Crippen molar-refractivity contribution < 1.29 is 0 Å². The van der Waals surface area contributed by atoms with Crippen LogP contribution in [0.25, 0.3) is 10.9 Å². The lowest BCUT2D eigenvalue weighted by Gasteiger charge is -2.35. The van der Waals surface area contributed by atoms with Crippen molar-refractivity contribution in [3.63, 3.8) is 0 Å². The van der Waals surface area contributed by atoms with E-state index in [-0.39, 0.29) is 11.6 Å². The van der Waals surface area contributed by atoms with Gasteiger partial charge >= 0.3 is 0 Å². The summed E-state index contributed by atoms with van der Waals surface area (Å²) in [5.41, 5.74) is 0.747. The zero-order valence-electron chi connectivity index (χ0n) is 14.4. The summed E-state index contributed by atoms with van der Waals surface area (Å²) in [6.07, 6.45) is 2.07. The summed E-state index contributed by atoms with van der Waals surface area (Å²) in [7, 11) is 0. The molecule has 1 aliphatic rings. The Bertz CT molecular complexity index is 767. The third-order valence-corrected chi connectivity index (χ3v) is 4.95. The average Bonchev–Trinajstić information content (AvgIpc) is 2.61. The van der Waals surface area contributed by atoms with Crippen LogP contribution in [-0.4, -0.2) is 40.6 Å². The van der Waals surface area contributed by atoms with Crippen LogP contribution in [0.15, 0.2) is 23.0 Å². The third-order valence-electron chi connectivity index (χ3n) is 4.71. The van der Waals surface area contributed by atoms with Gasteiger partial charge in [0.05, 0.1) is 16.9 Å². The molecule has 5 nitrogen and oxygen atoms in total. The van der Waals surface area contributed by atoms with Crippen LogP contribution in [0.3, 0.4) is 0 Å². The van der Waals surface area contributed by atoms with Gasteiger partial charge in [-0.2, -0.15) is 0 Å². The van der Waals surface area contributed by atoms with E-state index in [4.69, 9.17) is 16.6 Å². The van der Waals surface area contributed by atoms with Gasteiger partial charge in [-0.05, 0) is 31.5 Å². The first-order valence-electron chi connectivity index (χ1n) is 8.80. The van der Waals surface area contributed by atoms with Gasteiger partial charge in [0, 0.05) is 37.7 Å². The van der Waals surface area contributed by atoms with E-state index in [0.29, 0.717) is 17.0 Å². The normalized spacial score (nSPS) is 17.3. The maximum Gasteiger partial charge on any atom is 0.261 e. The summed E-state index contributed by atoms with van der Waals surface area (Å²) in [4.78, 5) is 20.3. The van der Waals surface area contributed by atoms with E-state index in [9.17, 15) is 4.79 Å². The lowest BCUT2D eigenvalue weighted by molar-refractivity contribution is 0.154. The van der Waals surface area contributed by atoms with Crippen molar-refractivity contribution in [2.75, 3.05) is 26.2 Å². The molecule has 1 aromatic heterocycles. The first-order valence-corrected chi connectivity index (χ1v) is 9.18. The van der Waals surface area contributed by atoms with Gasteiger partial charge in [-0.15, -0.1) is 0 Å². The molecule has 1 N–H and O–H groups in total. The number of fused-ring (bicyclic) bond motifs is 1. The lowest BCUT2D eigenvalue weighted by atomic mass is 10.1. The minimum Gasteiger partial charge on any atom is -0.314 e. The van der Waals surface area contributed by atoms with E-state index in [1.807, 2.05) is 17.6 Å². The van der Waals surface area contributed by atoms with Gasteiger partial charge in [0.15, 0.2) is 0 Å². The fourth-order valence-corrected chi connectivity index (χ4v) is 3.68. The zero-order valence-corrected chi connectivity index (χ0v) is 15.1. The maximum absolute atomic E-state index is 13.0. The maximum atomic E-state index is 13.0. The molecule has 0 aliphatic carbocycles. The molecule has 1 aromatic carbocycles. The van der Waals surface area contributed by atoms with Crippen molar-refractivity contribution in [2.24, 2.45) is 0 Å². The molecule has 1 fully saturated rings. The number of aromatic nitrogens is 2. The van der Waals surface area contributed by atoms with Crippen LogP contribution in [0, 0.1) is 0 Å². The highest BCUT2D eigenvalue weighted by Crippen LogP contribution is 2.26. The summed E-state index contributed by atoms with van der Waals surface area (Å²) in [5.74, 6) is 0.890. The highest BCUT2D eigenvalue weighted by molar-refractivity contribution is 6.31. The Balaban J connectivity index is 2.14. The topological polar surface area (TPSA) is 50.2 Å². The highest BCUT2D eigenvalue weighted by Gasteiger charge is 2.26. The van der Waals surface area contributed by atoms with Gasteiger partial charge < -0.3 is 5.32 Å². The first kappa shape index (κ1) is 17.4. The third kappa shape index (κ3) is 3.34. The van der Waals surface area contributed by atoms with Gasteiger partial charge in [0.2, 0.25) is 0 Å². The van der Waals surface area contributed by atoms with Gasteiger partial charge in [-0.3, -0.25) is 14.3 Å². The highest BCUT2D eigenvalue weighted by atomic mass is 35.5. The second kappa shape index (κ2) is 7.64. The van der Waals surface area contributed by atoms with Crippen molar-refractivity contribution in [1.82, 2.24) is 19.8 Å². The Kier molecular flexibility index (Phi) is 5.54. The molecule has 2 heterocycles. The van der Waals surface area contributed by atoms with Gasteiger partial charge in [0.1, 0.15) is 5.82 Å². The van der Waals surface area contributed by atoms with E-state index in [2.05, 4.69) is 17.1 Å². The molecule has 0 amide bonds. The first-order chi connectivity index (χ1) is 11.7. The van der Waals surface area contributed by atoms with E-state index < -0.39 is 0 Å². The number of nitrogens with zero attached hydrogens (tertiary/aromatic N) is 3. The van der Waals surface area contributed by atoms with Crippen LogP contribution in [0.2, 0.25) is 5.02 Å². The molecule has 0 bridgehead atoms. The predicted molar refractivity (Wildman–Crippen MR) is 98.8 cm³/mol. The molecule has 0 saturated carbocycles. The Hall–Kier alpha value is -1.43. The Morgan fingerprint density at radius 3 is 2.71 bits per heavy atom. The predicted octanol–water partition coefficient (Wildman–Crippen LogP) is 2.82. The molecular formula is C18H25ClN4O. The van der Waals surface area contributed by atoms with Crippen LogP contribution in [0.1, 0.15) is 38.6 Å². The number of piperazine rings is 1. The molecule has 0 radical (unpaired) electrons.